The number of fused-ring (bicyclic) bond motifs is 1. The van der Waals surface area contributed by atoms with Gasteiger partial charge in [0.25, 0.3) is 5.56 Å². The first kappa shape index (κ1) is 14.7. The lowest BCUT2D eigenvalue weighted by atomic mass is 10.2. The van der Waals surface area contributed by atoms with E-state index in [0.29, 0.717) is 17.8 Å². The lowest BCUT2D eigenvalue weighted by Crippen LogP contribution is -2.34. The second kappa shape index (κ2) is 5.75. The van der Waals surface area contributed by atoms with Crippen LogP contribution in [0.15, 0.2) is 11.1 Å². The highest BCUT2D eigenvalue weighted by Gasteiger charge is 2.13. The number of nitrogens with one attached hydrogen (secondary N) is 1. The van der Waals surface area contributed by atoms with Crippen LogP contribution in [0.25, 0.3) is 10.2 Å². The maximum atomic E-state index is 12.4. The summed E-state index contributed by atoms with van der Waals surface area (Å²) in [7, 11) is 0. The molecule has 6 heteroatoms. The van der Waals surface area contributed by atoms with Crippen molar-refractivity contribution in [2.24, 2.45) is 5.92 Å². The first-order valence-electron chi connectivity index (χ1n) is 6.62. The third kappa shape index (κ3) is 2.90. The van der Waals surface area contributed by atoms with Crippen molar-refractivity contribution in [3.8, 4) is 0 Å². The summed E-state index contributed by atoms with van der Waals surface area (Å²) in [6.07, 6.45) is 1.45. The van der Waals surface area contributed by atoms with Crippen LogP contribution in [-0.2, 0) is 11.3 Å². The van der Waals surface area contributed by atoms with Crippen molar-refractivity contribution in [1.29, 1.82) is 0 Å². The Morgan fingerprint density at radius 3 is 2.80 bits per heavy atom. The van der Waals surface area contributed by atoms with Crippen LogP contribution in [-0.4, -0.2) is 22.0 Å². The van der Waals surface area contributed by atoms with Gasteiger partial charge in [0.15, 0.2) is 0 Å². The predicted molar refractivity (Wildman–Crippen MR) is 81.2 cm³/mol. The van der Waals surface area contributed by atoms with Gasteiger partial charge in [0.2, 0.25) is 5.91 Å². The summed E-state index contributed by atoms with van der Waals surface area (Å²) in [4.78, 5) is 30.3. The van der Waals surface area contributed by atoms with E-state index in [1.165, 1.54) is 22.2 Å². The Labute approximate surface area is 121 Å². The van der Waals surface area contributed by atoms with Crippen LogP contribution >= 0.6 is 11.3 Å². The van der Waals surface area contributed by atoms with Crippen molar-refractivity contribution in [3.63, 3.8) is 0 Å². The molecule has 0 aliphatic rings. The Morgan fingerprint density at radius 1 is 1.45 bits per heavy atom. The van der Waals surface area contributed by atoms with Crippen molar-refractivity contribution in [1.82, 2.24) is 14.9 Å². The van der Waals surface area contributed by atoms with E-state index in [4.69, 9.17) is 0 Å². The number of rotatable bonds is 4. The monoisotopic (exact) mass is 293 g/mol. The van der Waals surface area contributed by atoms with E-state index in [-0.39, 0.29) is 18.0 Å². The van der Waals surface area contributed by atoms with Gasteiger partial charge in [-0.05, 0) is 25.3 Å². The molecule has 108 valence electrons. The van der Waals surface area contributed by atoms with E-state index in [1.807, 2.05) is 27.7 Å². The van der Waals surface area contributed by atoms with E-state index >= 15 is 0 Å². The Hall–Kier alpha value is -1.69. The molecule has 0 radical (unpaired) electrons. The van der Waals surface area contributed by atoms with Crippen molar-refractivity contribution in [2.45, 2.75) is 34.2 Å². The highest BCUT2D eigenvalue weighted by molar-refractivity contribution is 7.18. The maximum absolute atomic E-state index is 12.4. The molecule has 1 amide bonds. The van der Waals surface area contributed by atoms with Crippen LogP contribution < -0.4 is 10.9 Å². The maximum Gasteiger partial charge on any atom is 0.262 e. The van der Waals surface area contributed by atoms with Crippen molar-refractivity contribution in [3.05, 3.63) is 27.1 Å². The highest BCUT2D eigenvalue weighted by Crippen LogP contribution is 2.25. The zero-order valence-electron chi connectivity index (χ0n) is 12.2. The molecule has 2 aromatic heterocycles. The molecule has 0 saturated heterocycles. The number of aromatic nitrogens is 2. The summed E-state index contributed by atoms with van der Waals surface area (Å²) < 4.78 is 1.37. The van der Waals surface area contributed by atoms with Crippen LogP contribution in [0.1, 0.15) is 24.3 Å². The Balaban J connectivity index is 2.27. The molecule has 20 heavy (non-hydrogen) atoms. The molecule has 0 atom stereocenters. The molecule has 0 aliphatic carbocycles. The molecule has 0 aromatic carbocycles. The van der Waals surface area contributed by atoms with Gasteiger partial charge in [-0.3, -0.25) is 14.2 Å². The summed E-state index contributed by atoms with van der Waals surface area (Å²) in [5.41, 5.74) is 0.816. The molecular formula is C14H19N3O2S. The van der Waals surface area contributed by atoms with Gasteiger partial charge in [-0.25, -0.2) is 4.98 Å². The topological polar surface area (TPSA) is 64.0 Å². The first-order valence-corrected chi connectivity index (χ1v) is 7.43. The number of hydrogen-bond donors (Lipinski definition) is 1. The highest BCUT2D eigenvalue weighted by atomic mass is 32.1. The molecule has 0 aliphatic heterocycles. The zero-order chi connectivity index (χ0) is 14.9. The molecular weight excluding hydrogens is 274 g/mol. The van der Waals surface area contributed by atoms with E-state index in [2.05, 4.69) is 10.3 Å². The second-order valence-corrected chi connectivity index (χ2v) is 6.54. The summed E-state index contributed by atoms with van der Waals surface area (Å²) >= 11 is 1.51. The van der Waals surface area contributed by atoms with Crippen LogP contribution in [0.2, 0.25) is 0 Å². The quantitative estimate of drug-likeness (QED) is 0.935. The SMILES string of the molecule is Cc1sc2ncn(CC(=O)NCC(C)C)c(=O)c2c1C. The molecule has 5 nitrogen and oxygen atoms in total. The minimum atomic E-state index is -0.161. The Morgan fingerprint density at radius 2 is 2.15 bits per heavy atom. The Bertz CT molecular complexity index is 700. The van der Waals surface area contributed by atoms with Gasteiger partial charge in [-0.1, -0.05) is 13.8 Å². The fourth-order valence-corrected chi connectivity index (χ4v) is 2.90. The number of amides is 1. The van der Waals surface area contributed by atoms with Gasteiger partial charge in [0, 0.05) is 11.4 Å². The third-order valence-electron chi connectivity index (χ3n) is 3.18. The van der Waals surface area contributed by atoms with E-state index in [1.54, 1.807) is 0 Å². The largest absolute Gasteiger partial charge is 0.354 e. The number of aryl methyl sites for hydroxylation is 2. The standard InChI is InChI=1S/C14H19N3O2S/c1-8(2)5-15-11(18)6-17-7-16-13-12(14(17)19)9(3)10(4)20-13/h7-8H,5-6H2,1-4H3,(H,15,18). The lowest BCUT2D eigenvalue weighted by molar-refractivity contribution is -0.121. The van der Waals surface area contributed by atoms with Gasteiger partial charge in [-0.15, -0.1) is 11.3 Å². The van der Waals surface area contributed by atoms with Gasteiger partial charge >= 0.3 is 0 Å². The first-order chi connectivity index (χ1) is 9.40. The van der Waals surface area contributed by atoms with Crippen molar-refractivity contribution in [2.75, 3.05) is 6.54 Å². The van der Waals surface area contributed by atoms with Gasteiger partial charge in [0.1, 0.15) is 11.4 Å². The molecule has 2 rings (SSSR count). The summed E-state index contributed by atoms with van der Waals surface area (Å²) in [6.45, 7) is 8.57. The fraction of sp³-hybridized carbons (Fsp3) is 0.500. The molecule has 0 unspecified atom stereocenters. The summed E-state index contributed by atoms with van der Waals surface area (Å²) in [6, 6.07) is 0. The van der Waals surface area contributed by atoms with Crippen LogP contribution in [0.4, 0.5) is 0 Å². The van der Waals surface area contributed by atoms with Crippen molar-refractivity contribution < 1.29 is 4.79 Å². The average Bonchev–Trinajstić information content (AvgIpc) is 2.67. The van der Waals surface area contributed by atoms with Crippen LogP contribution in [0.3, 0.4) is 0 Å². The van der Waals surface area contributed by atoms with E-state index < -0.39 is 0 Å². The molecule has 2 heterocycles. The second-order valence-electron chi connectivity index (χ2n) is 5.34. The molecule has 0 saturated carbocycles. The molecule has 2 aromatic rings. The number of thiophene rings is 1. The number of carbonyl (C=O) groups is 1. The fourth-order valence-electron chi connectivity index (χ4n) is 1.91. The van der Waals surface area contributed by atoms with Gasteiger partial charge in [-0.2, -0.15) is 0 Å². The minimum Gasteiger partial charge on any atom is -0.354 e. The summed E-state index contributed by atoms with van der Waals surface area (Å²) in [5.74, 6) is 0.226. The number of hydrogen-bond acceptors (Lipinski definition) is 4. The average molecular weight is 293 g/mol. The Kier molecular flexibility index (Phi) is 4.23. The van der Waals surface area contributed by atoms with E-state index in [0.717, 1.165) is 15.3 Å². The molecule has 0 spiro atoms. The third-order valence-corrected chi connectivity index (χ3v) is 4.29. The van der Waals surface area contributed by atoms with Crippen molar-refractivity contribution >= 4 is 27.5 Å². The van der Waals surface area contributed by atoms with E-state index in [9.17, 15) is 9.59 Å². The summed E-state index contributed by atoms with van der Waals surface area (Å²) in [5, 5.41) is 3.43. The number of carbonyl (C=O) groups excluding carboxylic acids is 1. The number of nitrogens with zero attached hydrogens (tertiary/aromatic N) is 2. The lowest BCUT2D eigenvalue weighted by Gasteiger charge is -2.09. The molecule has 0 bridgehead atoms. The van der Waals surface area contributed by atoms with Gasteiger partial charge in [0.05, 0.1) is 11.7 Å². The smallest absolute Gasteiger partial charge is 0.262 e. The normalized spacial score (nSPS) is 11.2. The molecule has 1 N–H and O–H groups in total. The molecule has 0 fully saturated rings. The predicted octanol–water partition coefficient (Wildman–Crippen LogP) is 1.85. The minimum absolute atomic E-state index is 0.0167. The van der Waals surface area contributed by atoms with Gasteiger partial charge < -0.3 is 5.32 Å². The zero-order valence-corrected chi connectivity index (χ0v) is 13.0. The van der Waals surface area contributed by atoms with Crippen LogP contribution in [0.5, 0.6) is 0 Å². The van der Waals surface area contributed by atoms with Crippen LogP contribution in [0, 0.1) is 19.8 Å².